The molecule has 144 valence electrons. The highest BCUT2D eigenvalue weighted by molar-refractivity contribution is 5.02. The van der Waals surface area contributed by atoms with Crippen molar-refractivity contribution >= 4 is 0 Å². The summed E-state index contributed by atoms with van der Waals surface area (Å²) in [4.78, 5) is 0. The lowest BCUT2D eigenvalue weighted by Gasteiger charge is -2.41. The standard InChI is InChI=1S/C24H43N/c1-3-5-6-7-8-9-17-24(20-25)18-15-23(16-19-24)22-13-11-21(10-4-2)12-14-22/h21-23H,3-19H2,1-2H3. The summed E-state index contributed by atoms with van der Waals surface area (Å²) < 4.78 is 0. The monoisotopic (exact) mass is 345 g/mol. The molecule has 0 aromatic heterocycles. The summed E-state index contributed by atoms with van der Waals surface area (Å²) in [6.45, 7) is 4.61. The largest absolute Gasteiger partial charge is 0.198 e. The maximum absolute atomic E-state index is 9.82. The zero-order valence-electron chi connectivity index (χ0n) is 17.2. The third kappa shape index (κ3) is 6.62. The van der Waals surface area contributed by atoms with Crippen LogP contribution in [0.4, 0.5) is 0 Å². The second-order valence-electron chi connectivity index (χ2n) is 9.32. The second kappa shape index (κ2) is 11.3. The molecular weight excluding hydrogens is 302 g/mol. The average Bonchev–Trinajstić information content (AvgIpc) is 2.66. The molecule has 0 amide bonds. The molecular formula is C24H43N. The number of nitriles is 1. The molecule has 2 aliphatic rings. The van der Waals surface area contributed by atoms with E-state index < -0.39 is 0 Å². The minimum atomic E-state index is 0.0423. The molecule has 0 radical (unpaired) electrons. The van der Waals surface area contributed by atoms with E-state index in [0.29, 0.717) is 0 Å². The highest BCUT2D eigenvalue weighted by Crippen LogP contribution is 2.47. The summed E-state index contributed by atoms with van der Waals surface area (Å²) in [5.74, 6) is 2.95. The molecule has 0 heterocycles. The Morgan fingerprint density at radius 3 is 1.96 bits per heavy atom. The van der Waals surface area contributed by atoms with Crippen molar-refractivity contribution in [2.75, 3.05) is 0 Å². The lowest BCUT2D eigenvalue weighted by molar-refractivity contribution is 0.115. The van der Waals surface area contributed by atoms with Gasteiger partial charge >= 0.3 is 0 Å². The first kappa shape index (κ1) is 20.8. The Morgan fingerprint density at radius 1 is 0.760 bits per heavy atom. The number of hydrogen-bond donors (Lipinski definition) is 0. The third-order valence-electron chi connectivity index (χ3n) is 7.49. The topological polar surface area (TPSA) is 23.8 Å². The van der Waals surface area contributed by atoms with Gasteiger partial charge in [-0.15, -0.1) is 0 Å². The summed E-state index contributed by atoms with van der Waals surface area (Å²) >= 11 is 0. The predicted octanol–water partition coefficient (Wildman–Crippen LogP) is 8.04. The first-order valence-electron chi connectivity index (χ1n) is 11.6. The Kier molecular flexibility index (Phi) is 9.36. The summed E-state index contributed by atoms with van der Waals surface area (Å²) in [7, 11) is 0. The van der Waals surface area contributed by atoms with E-state index in [-0.39, 0.29) is 5.41 Å². The average molecular weight is 346 g/mol. The smallest absolute Gasteiger partial charge is 0.0689 e. The van der Waals surface area contributed by atoms with Crippen molar-refractivity contribution in [3.63, 3.8) is 0 Å². The van der Waals surface area contributed by atoms with Crippen molar-refractivity contribution in [2.24, 2.45) is 23.2 Å². The van der Waals surface area contributed by atoms with Crippen LogP contribution in [0.3, 0.4) is 0 Å². The molecule has 1 nitrogen and oxygen atoms in total. The van der Waals surface area contributed by atoms with Crippen LogP contribution in [0, 0.1) is 34.5 Å². The van der Waals surface area contributed by atoms with Gasteiger partial charge in [0.05, 0.1) is 11.5 Å². The van der Waals surface area contributed by atoms with Crippen molar-refractivity contribution < 1.29 is 0 Å². The Morgan fingerprint density at radius 2 is 1.36 bits per heavy atom. The van der Waals surface area contributed by atoms with Crippen molar-refractivity contribution in [3.8, 4) is 6.07 Å². The summed E-state index contributed by atoms with van der Waals surface area (Å²) in [6.07, 6.45) is 23.1. The molecule has 0 aromatic carbocycles. The van der Waals surface area contributed by atoms with Gasteiger partial charge in [-0.3, -0.25) is 0 Å². The van der Waals surface area contributed by atoms with E-state index in [9.17, 15) is 5.26 Å². The number of unbranched alkanes of at least 4 members (excludes halogenated alkanes) is 5. The van der Waals surface area contributed by atoms with E-state index in [1.165, 1.54) is 109 Å². The Balaban J connectivity index is 1.67. The third-order valence-corrected chi connectivity index (χ3v) is 7.49. The van der Waals surface area contributed by atoms with Gasteiger partial charge in [0.1, 0.15) is 0 Å². The van der Waals surface area contributed by atoms with Crippen LogP contribution in [-0.4, -0.2) is 0 Å². The van der Waals surface area contributed by atoms with Gasteiger partial charge in [-0.2, -0.15) is 5.26 Å². The fourth-order valence-corrected chi connectivity index (χ4v) is 5.68. The second-order valence-corrected chi connectivity index (χ2v) is 9.32. The first-order valence-corrected chi connectivity index (χ1v) is 11.6. The van der Waals surface area contributed by atoms with Crippen LogP contribution in [0.5, 0.6) is 0 Å². The van der Waals surface area contributed by atoms with Gasteiger partial charge in [0, 0.05) is 0 Å². The van der Waals surface area contributed by atoms with Gasteiger partial charge in [-0.05, 0) is 62.7 Å². The van der Waals surface area contributed by atoms with Crippen LogP contribution in [0.1, 0.15) is 123 Å². The van der Waals surface area contributed by atoms with Crippen LogP contribution >= 0.6 is 0 Å². The number of hydrogen-bond acceptors (Lipinski definition) is 1. The predicted molar refractivity (Wildman–Crippen MR) is 108 cm³/mol. The Labute approximate surface area is 158 Å². The highest BCUT2D eigenvalue weighted by Gasteiger charge is 2.38. The fraction of sp³-hybridized carbons (Fsp3) is 0.958. The van der Waals surface area contributed by atoms with Gasteiger partial charge in [-0.1, -0.05) is 78.1 Å². The molecule has 0 N–H and O–H groups in total. The lowest BCUT2D eigenvalue weighted by atomic mass is 9.63. The molecule has 2 fully saturated rings. The summed E-state index contributed by atoms with van der Waals surface area (Å²) in [6, 6.07) is 2.77. The van der Waals surface area contributed by atoms with Gasteiger partial charge in [0.25, 0.3) is 0 Å². The van der Waals surface area contributed by atoms with Gasteiger partial charge < -0.3 is 0 Å². The summed E-state index contributed by atoms with van der Waals surface area (Å²) in [5.41, 5.74) is 0.0423. The molecule has 2 aliphatic carbocycles. The minimum absolute atomic E-state index is 0.0423. The minimum Gasteiger partial charge on any atom is -0.198 e. The maximum Gasteiger partial charge on any atom is 0.0689 e. The van der Waals surface area contributed by atoms with Gasteiger partial charge in [-0.25, -0.2) is 0 Å². The van der Waals surface area contributed by atoms with Crippen LogP contribution in [-0.2, 0) is 0 Å². The van der Waals surface area contributed by atoms with E-state index in [0.717, 1.165) is 17.8 Å². The van der Waals surface area contributed by atoms with Crippen LogP contribution < -0.4 is 0 Å². The molecule has 2 saturated carbocycles. The molecule has 0 unspecified atom stereocenters. The van der Waals surface area contributed by atoms with Gasteiger partial charge in [0.2, 0.25) is 0 Å². The van der Waals surface area contributed by atoms with Crippen molar-refractivity contribution in [1.29, 1.82) is 5.26 Å². The SMILES string of the molecule is CCCCCCCCC1(C#N)CCC(C2CCC(CCC)CC2)CC1. The molecule has 25 heavy (non-hydrogen) atoms. The van der Waals surface area contributed by atoms with Crippen molar-refractivity contribution in [1.82, 2.24) is 0 Å². The zero-order chi connectivity index (χ0) is 18.0. The normalized spacial score (nSPS) is 33.1. The van der Waals surface area contributed by atoms with E-state index in [4.69, 9.17) is 0 Å². The molecule has 2 rings (SSSR count). The quantitative estimate of drug-likeness (QED) is 0.367. The Bertz CT molecular complexity index is 377. The van der Waals surface area contributed by atoms with Crippen molar-refractivity contribution in [3.05, 3.63) is 0 Å². The van der Waals surface area contributed by atoms with Crippen LogP contribution in [0.25, 0.3) is 0 Å². The van der Waals surface area contributed by atoms with Crippen LogP contribution in [0.2, 0.25) is 0 Å². The van der Waals surface area contributed by atoms with E-state index in [1.807, 2.05) is 0 Å². The van der Waals surface area contributed by atoms with Gasteiger partial charge in [0.15, 0.2) is 0 Å². The zero-order valence-corrected chi connectivity index (χ0v) is 17.2. The Hall–Kier alpha value is -0.510. The maximum atomic E-state index is 9.82. The van der Waals surface area contributed by atoms with E-state index >= 15 is 0 Å². The molecule has 0 spiro atoms. The number of rotatable bonds is 10. The van der Waals surface area contributed by atoms with E-state index in [1.54, 1.807) is 0 Å². The molecule has 0 aliphatic heterocycles. The number of nitrogens with zero attached hydrogens (tertiary/aromatic N) is 1. The molecule has 0 bridgehead atoms. The molecule has 1 heteroatoms. The van der Waals surface area contributed by atoms with Crippen LogP contribution in [0.15, 0.2) is 0 Å². The first-order chi connectivity index (χ1) is 12.2. The van der Waals surface area contributed by atoms with Crippen molar-refractivity contribution in [2.45, 2.75) is 123 Å². The molecule has 0 atom stereocenters. The molecule has 0 aromatic rings. The summed E-state index contributed by atoms with van der Waals surface area (Å²) in [5, 5.41) is 9.82. The highest BCUT2D eigenvalue weighted by atomic mass is 14.4. The lowest BCUT2D eigenvalue weighted by Crippen LogP contribution is -2.31. The van der Waals surface area contributed by atoms with E-state index in [2.05, 4.69) is 19.9 Å². The fourth-order valence-electron chi connectivity index (χ4n) is 5.68. The molecule has 0 saturated heterocycles.